The molecule has 0 saturated carbocycles. The van der Waals surface area contributed by atoms with E-state index in [2.05, 4.69) is 16.0 Å². The number of halogens is 5. The molecule has 0 spiro atoms. The van der Waals surface area contributed by atoms with Crippen molar-refractivity contribution >= 4 is 27.8 Å². The quantitative estimate of drug-likeness (QED) is 0.126. The fourth-order valence-corrected chi connectivity index (χ4v) is 7.81. The van der Waals surface area contributed by atoms with E-state index in [1.807, 2.05) is 45.0 Å². The van der Waals surface area contributed by atoms with Crippen molar-refractivity contribution < 1.29 is 64.4 Å². The number of alkyl halides is 3. The predicted octanol–water partition coefficient (Wildman–Crippen LogP) is 4.61. The molecule has 1 saturated heterocycles. The molecule has 1 aliphatic heterocycles. The normalized spacial score (nSPS) is 16.1. The Morgan fingerprint density at radius 3 is 2.11 bits per heavy atom. The van der Waals surface area contributed by atoms with E-state index in [4.69, 9.17) is 19.4 Å². The largest absolute Gasteiger partial charge is 0.490 e. The summed E-state index contributed by atoms with van der Waals surface area (Å²) < 4.78 is 97.5. The fraction of sp³-hybridized carbons (Fsp3) is 0.583. The number of aryl methyl sites for hydroxylation is 1. The molecular weight excluding hydrogens is 745 g/mol. The van der Waals surface area contributed by atoms with E-state index in [1.54, 1.807) is 0 Å². The monoisotopic (exact) mass is 795 g/mol. The number of carboxylic acids is 1. The van der Waals surface area contributed by atoms with Crippen LogP contribution in [0.5, 0.6) is 0 Å². The van der Waals surface area contributed by atoms with Crippen molar-refractivity contribution in [2.45, 2.75) is 108 Å². The lowest BCUT2D eigenvalue weighted by molar-refractivity contribution is -0.192. The highest BCUT2D eigenvalue weighted by Gasteiger charge is 2.38. The van der Waals surface area contributed by atoms with E-state index >= 15 is 0 Å². The second-order valence-electron chi connectivity index (χ2n) is 12.9. The number of hydrogen-bond acceptors (Lipinski definition) is 9. The Morgan fingerprint density at radius 2 is 1.57 bits per heavy atom. The van der Waals surface area contributed by atoms with Crippen molar-refractivity contribution in [3.8, 4) is 0 Å². The van der Waals surface area contributed by atoms with Crippen LogP contribution in [0.15, 0.2) is 42.5 Å². The van der Waals surface area contributed by atoms with Crippen molar-refractivity contribution in [3.05, 3.63) is 70.8 Å². The number of alkyl carbamates (subject to hydrolysis) is 1. The minimum Gasteiger partial charge on any atom is -0.475 e. The molecule has 2 amide bonds. The molecule has 3 rings (SSSR count). The summed E-state index contributed by atoms with van der Waals surface area (Å²) in [4.78, 5) is 35.5. The number of aliphatic hydroxyl groups excluding tert-OH is 1. The summed E-state index contributed by atoms with van der Waals surface area (Å²) in [5, 5.41) is 25.9. The van der Waals surface area contributed by atoms with Crippen molar-refractivity contribution in [1.82, 2.24) is 16.0 Å². The molecule has 0 bridgehead atoms. The highest BCUT2D eigenvalue weighted by molar-refractivity contribution is 7.92. The number of benzene rings is 2. The number of hydrogen-bond donors (Lipinski definition) is 5. The first-order valence-corrected chi connectivity index (χ1v) is 19.4. The molecular formula is C36H50F5N3O9S. The van der Waals surface area contributed by atoms with Gasteiger partial charge in [-0.2, -0.15) is 13.2 Å². The van der Waals surface area contributed by atoms with Crippen molar-refractivity contribution in [1.29, 1.82) is 0 Å². The van der Waals surface area contributed by atoms with Gasteiger partial charge in [0.05, 0.1) is 36.4 Å². The topological polar surface area (TPSA) is 180 Å². The second-order valence-corrected chi connectivity index (χ2v) is 15.2. The molecule has 1 unspecified atom stereocenters. The summed E-state index contributed by atoms with van der Waals surface area (Å²) in [5.74, 6) is -5.97. The maximum Gasteiger partial charge on any atom is 0.490 e. The van der Waals surface area contributed by atoms with Crippen molar-refractivity contribution in [2.24, 2.45) is 0 Å². The average Bonchev–Trinajstić information content (AvgIpc) is 3.60. The zero-order chi connectivity index (χ0) is 40.5. The SMILES string of the molecule is CCCC(CCC)S(=O)(=O)CC(NC(=O)O[C@@H]1CCOC1)C(=O)N[C@@H](Cc1cc(F)cc(F)c1)[C@H](O)CNCc1cccc(CC)c1.O=C(O)C(F)(F)F. The van der Waals surface area contributed by atoms with Gasteiger partial charge in [-0.05, 0) is 54.5 Å². The Bertz CT molecular complexity index is 1580. The van der Waals surface area contributed by atoms with Gasteiger partial charge in [0.2, 0.25) is 5.91 Å². The number of rotatable bonds is 19. The lowest BCUT2D eigenvalue weighted by Crippen LogP contribution is -2.57. The van der Waals surface area contributed by atoms with Crippen LogP contribution in [0.3, 0.4) is 0 Å². The molecule has 304 valence electrons. The van der Waals surface area contributed by atoms with Crippen LogP contribution < -0.4 is 16.0 Å². The number of carbonyl (C=O) groups is 3. The van der Waals surface area contributed by atoms with Gasteiger partial charge in [-0.15, -0.1) is 0 Å². The summed E-state index contributed by atoms with van der Waals surface area (Å²) in [6.45, 7) is 6.79. The van der Waals surface area contributed by atoms with Crippen LogP contribution in [0.2, 0.25) is 0 Å². The molecule has 18 heteroatoms. The molecule has 0 radical (unpaired) electrons. The average molecular weight is 796 g/mol. The Labute approximate surface area is 312 Å². The first kappa shape index (κ1) is 46.3. The second kappa shape index (κ2) is 22.5. The van der Waals surface area contributed by atoms with E-state index in [-0.39, 0.29) is 25.1 Å². The third-order valence-corrected chi connectivity index (χ3v) is 10.7. The van der Waals surface area contributed by atoms with Gasteiger partial charge in [-0.3, -0.25) is 4.79 Å². The molecule has 0 aliphatic carbocycles. The summed E-state index contributed by atoms with van der Waals surface area (Å²) in [7, 11) is -3.87. The summed E-state index contributed by atoms with van der Waals surface area (Å²) in [5.41, 5.74) is 2.31. The molecule has 54 heavy (non-hydrogen) atoms. The smallest absolute Gasteiger partial charge is 0.475 e. The Hall–Kier alpha value is -3.87. The van der Waals surface area contributed by atoms with Gasteiger partial charge in [0, 0.05) is 25.6 Å². The van der Waals surface area contributed by atoms with Crippen molar-refractivity contribution in [2.75, 3.05) is 25.5 Å². The number of carbonyl (C=O) groups excluding carboxylic acids is 2. The molecule has 1 heterocycles. The first-order chi connectivity index (χ1) is 25.4. The number of sulfone groups is 1. The van der Waals surface area contributed by atoms with Crippen LogP contribution in [-0.4, -0.2) is 97.8 Å². The third kappa shape index (κ3) is 16.7. The molecule has 4 atom stereocenters. The highest BCUT2D eigenvalue weighted by Crippen LogP contribution is 2.18. The lowest BCUT2D eigenvalue weighted by Gasteiger charge is -2.28. The van der Waals surface area contributed by atoms with Crippen LogP contribution in [-0.2, 0) is 48.3 Å². The van der Waals surface area contributed by atoms with Gasteiger partial charge in [0.25, 0.3) is 0 Å². The minimum atomic E-state index is -5.08. The summed E-state index contributed by atoms with van der Waals surface area (Å²) in [6.07, 6.45) is -4.67. The van der Waals surface area contributed by atoms with Crippen LogP contribution in [0.1, 0.15) is 69.6 Å². The van der Waals surface area contributed by atoms with E-state index in [0.717, 1.165) is 29.7 Å². The first-order valence-electron chi connectivity index (χ1n) is 17.7. The molecule has 1 aliphatic rings. The van der Waals surface area contributed by atoms with Gasteiger partial charge < -0.3 is 35.6 Å². The molecule has 2 aromatic rings. The lowest BCUT2D eigenvalue weighted by atomic mass is 10.00. The van der Waals surface area contributed by atoms with Gasteiger partial charge >= 0.3 is 18.2 Å². The van der Waals surface area contributed by atoms with E-state index < -0.39 is 80.9 Å². The number of amides is 2. The fourth-order valence-electron chi connectivity index (χ4n) is 5.65. The predicted molar refractivity (Wildman–Crippen MR) is 189 cm³/mol. The minimum absolute atomic E-state index is 0.00567. The van der Waals surface area contributed by atoms with E-state index in [0.29, 0.717) is 51.3 Å². The Morgan fingerprint density at radius 1 is 0.963 bits per heavy atom. The van der Waals surface area contributed by atoms with E-state index in [1.165, 1.54) is 0 Å². The number of ether oxygens (including phenoxy) is 2. The number of carboxylic acid groups (broad SMARTS) is 1. The van der Waals surface area contributed by atoms with Gasteiger partial charge in [-0.25, -0.2) is 26.8 Å². The Kier molecular flexibility index (Phi) is 19.3. The molecule has 1 fully saturated rings. The molecule has 12 nitrogen and oxygen atoms in total. The van der Waals surface area contributed by atoms with E-state index in [9.17, 15) is 45.1 Å². The zero-order valence-corrected chi connectivity index (χ0v) is 31.3. The number of aliphatic hydroxyl groups is 1. The Balaban J connectivity index is 0.00000131. The maximum atomic E-state index is 14.1. The third-order valence-electron chi connectivity index (χ3n) is 8.39. The summed E-state index contributed by atoms with van der Waals surface area (Å²) in [6, 6.07) is 8.16. The van der Waals surface area contributed by atoms with Gasteiger partial charge in [0.1, 0.15) is 23.8 Å². The number of aliphatic carboxylic acids is 1. The highest BCUT2D eigenvalue weighted by atomic mass is 32.2. The molecule has 2 aromatic carbocycles. The van der Waals surface area contributed by atoms with Crippen LogP contribution in [0.4, 0.5) is 26.7 Å². The van der Waals surface area contributed by atoms with Gasteiger partial charge in [0.15, 0.2) is 9.84 Å². The number of nitrogens with one attached hydrogen (secondary N) is 3. The van der Waals surface area contributed by atoms with Crippen LogP contribution in [0, 0.1) is 11.6 Å². The standard InChI is InChI=1S/C34H49F2N3O7S.C2HF3O2/c1-4-8-29(9-5-2)47(43,44)22-31(39-34(42)46-28-12-13-45-21-28)33(41)38-30(17-25-15-26(35)18-27(36)16-25)32(40)20-37-19-24-11-7-10-23(6-3)14-24;3-2(4,5)1(6)7/h7,10-11,14-16,18,28-32,37,40H,4-6,8-9,12-13,17,19-22H2,1-3H3,(H,38,41)(H,39,42);(H,6,7)/t28-,30+,31?,32-;/m1./s1. The molecule has 0 aromatic heterocycles. The summed E-state index contributed by atoms with van der Waals surface area (Å²) >= 11 is 0. The molecule has 5 N–H and O–H groups in total. The zero-order valence-electron chi connectivity index (χ0n) is 30.5. The van der Waals surface area contributed by atoms with Crippen molar-refractivity contribution in [3.63, 3.8) is 0 Å². The maximum absolute atomic E-state index is 14.1. The van der Waals surface area contributed by atoms with Crippen LogP contribution >= 0.6 is 0 Å². The van der Waals surface area contributed by atoms with Crippen LogP contribution in [0.25, 0.3) is 0 Å². The van der Waals surface area contributed by atoms with Gasteiger partial charge in [-0.1, -0.05) is 57.9 Å².